The molecule has 0 radical (unpaired) electrons. The Labute approximate surface area is 131 Å². The lowest BCUT2D eigenvalue weighted by atomic mass is 9.91. The highest BCUT2D eigenvalue weighted by Crippen LogP contribution is 2.33. The van der Waals surface area contributed by atoms with Crippen LogP contribution in [0.5, 0.6) is 0 Å². The minimum Gasteiger partial charge on any atom is -0.270 e. The van der Waals surface area contributed by atoms with Crippen molar-refractivity contribution < 1.29 is 12.6 Å². The van der Waals surface area contributed by atoms with Crippen LogP contribution in [0.2, 0.25) is 10.0 Å². The smallest absolute Gasteiger partial charge is 0.264 e. The van der Waals surface area contributed by atoms with E-state index in [1.54, 1.807) is 12.1 Å². The standard InChI is InChI=1S/C14H20Cl2O3S/c1-3-4-5-11(8-9-19-20(2,17)18)13-7-6-12(15)10-14(13)16/h6-7,10-11H,3-5,8-9H2,1-2H3. The van der Waals surface area contributed by atoms with Crippen molar-refractivity contribution in [2.24, 2.45) is 0 Å². The van der Waals surface area contributed by atoms with Gasteiger partial charge in [-0.25, -0.2) is 0 Å². The first-order valence-corrected chi connectivity index (χ1v) is 9.20. The fourth-order valence-corrected chi connectivity index (χ4v) is 3.04. The molecule has 0 aliphatic carbocycles. The van der Waals surface area contributed by atoms with Crippen molar-refractivity contribution in [3.8, 4) is 0 Å². The quantitative estimate of drug-likeness (QED) is 0.649. The second kappa shape index (κ2) is 8.23. The van der Waals surface area contributed by atoms with Crippen LogP contribution in [0.3, 0.4) is 0 Å². The van der Waals surface area contributed by atoms with Crippen molar-refractivity contribution in [2.75, 3.05) is 12.9 Å². The average Bonchev–Trinajstić information content (AvgIpc) is 2.33. The third-order valence-electron chi connectivity index (χ3n) is 3.07. The molecule has 0 saturated carbocycles. The van der Waals surface area contributed by atoms with E-state index in [1.807, 2.05) is 6.07 Å². The van der Waals surface area contributed by atoms with Crippen LogP contribution in [-0.4, -0.2) is 21.3 Å². The van der Waals surface area contributed by atoms with Gasteiger partial charge in [0, 0.05) is 10.0 Å². The molecule has 1 rings (SSSR count). The first-order valence-electron chi connectivity index (χ1n) is 6.63. The van der Waals surface area contributed by atoms with E-state index in [1.165, 1.54) is 0 Å². The Morgan fingerprint density at radius 3 is 2.50 bits per heavy atom. The van der Waals surface area contributed by atoms with Crippen LogP contribution in [0.1, 0.15) is 44.1 Å². The number of unbranched alkanes of at least 4 members (excludes halogenated alkanes) is 1. The van der Waals surface area contributed by atoms with Crippen molar-refractivity contribution >= 4 is 33.3 Å². The van der Waals surface area contributed by atoms with E-state index in [0.717, 1.165) is 31.1 Å². The monoisotopic (exact) mass is 338 g/mol. The zero-order chi connectivity index (χ0) is 15.2. The summed E-state index contributed by atoms with van der Waals surface area (Å²) in [5.74, 6) is 0.182. The number of halogens is 2. The molecular weight excluding hydrogens is 319 g/mol. The Balaban J connectivity index is 2.77. The van der Waals surface area contributed by atoms with E-state index in [4.69, 9.17) is 27.4 Å². The van der Waals surface area contributed by atoms with Crippen LogP contribution in [0.15, 0.2) is 18.2 Å². The normalized spacial score (nSPS) is 13.4. The number of hydrogen-bond donors (Lipinski definition) is 0. The summed E-state index contributed by atoms with van der Waals surface area (Å²) in [7, 11) is -3.39. The fourth-order valence-electron chi connectivity index (χ4n) is 2.08. The molecule has 0 heterocycles. The minimum atomic E-state index is -3.39. The summed E-state index contributed by atoms with van der Waals surface area (Å²) in [5.41, 5.74) is 1.00. The molecule has 3 nitrogen and oxygen atoms in total. The van der Waals surface area contributed by atoms with E-state index in [-0.39, 0.29) is 12.5 Å². The molecule has 114 valence electrons. The van der Waals surface area contributed by atoms with Crippen molar-refractivity contribution in [2.45, 2.75) is 38.5 Å². The molecule has 0 aliphatic heterocycles. The summed E-state index contributed by atoms with van der Waals surface area (Å²) in [6.07, 6.45) is 4.76. The Kier molecular flexibility index (Phi) is 7.30. The summed E-state index contributed by atoms with van der Waals surface area (Å²) >= 11 is 12.1. The van der Waals surface area contributed by atoms with Gasteiger partial charge in [0.25, 0.3) is 10.1 Å². The molecule has 6 heteroatoms. The van der Waals surface area contributed by atoms with Gasteiger partial charge in [0.05, 0.1) is 12.9 Å². The predicted molar refractivity (Wildman–Crippen MR) is 84.1 cm³/mol. The highest BCUT2D eigenvalue weighted by molar-refractivity contribution is 7.85. The summed E-state index contributed by atoms with van der Waals surface area (Å²) < 4.78 is 26.8. The molecule has 1 atom stereocenters. The molecule has 1 aromatic rings. The maximum Gasteiger partial charge on any atom is 0.264 e. The predicted octanol–water partition coefficient (Wildman–Crippen LogP) is 4.63. The highest BCUT2D eigenvalue weighted by atomic mass is 35.5. The van der Waals surface area contributed by atoms with Crippen LogP contribution in [0.25, 0.3) is 0 Å². The SMILES string of the molecule is CCCCC(CCOS(C)(=O)=O)c1ccc(Cl)cc1Cl. The zero-order valence-corrected chi connectivity index (χ0v) is 14.1. The molecule has 1 unspecified atom stereocenters. The van der Waals surface area contributed by atoms with Crippen molar-refractivity contribution in [1.29, 1.82) is 0 Å². The van der Waals surface area contributed by atoms with Crippen LogP contribution in [-0.2, 0) is 14.3 Å². The van der Waals surface area contributed by atoms with Crippen LogP contribution in [0.4, 0.5) is 0 Å². The van der Waals surface area contributed by atoms with E-state index < -0.39 is 10.1 Å². The average molecular weight is 339 g/mol. The van der Waals surface area contributed by atoms with E-state index in [0.29, 0.717) is 16.5 Å². The van der Waals surface area contributed by atoms with E-state index in [9.17, 15) is 8.42 Å². The van der Waals surface area contributed by atoms with Crippen molar-refractivity contribution in [1.82, 2.24) is 0 Å². The summed E-state index contributed by atoms with van der Waals surface area (Å²) in [4.78, 5) is 0. The van der Waals surface area contributed by atoms with Gasteiger partial charge in [-0.2, -0.15) is 8.42 Å². The molecule has 0 saturated heterocycles. The first-order chi connectivity index (χ1) is 9.33. The Bertz CT molecular complexity index is 529. The van der Waals surface area contributed by atoms with Crippen molar-refractivity contribution in [3.63, 3.8) is 0 Å². The molecule has 20 heavy (non-hydrogen) atoms. The molecule has 0 bridgehead atoms. The number of hydrogen-bond acceptors (Lipinski definition) is 3. The summed E-state index contributed by atoms with van der Waals surface area (Å²) in [6.45, 7) is 2.29. The van der Waals surface area contributed by atoms with Gasteiger partial charge in [0.1, 0.15) is 0 Å². The second-order valence-electron chi connectivity index (χ2n) is 4.82. The summed E-state index contributed by atoms with van der Waals surface area (Å²) in [6, 6.07) is 5.43. The molecule has 0 aliphatic rings. The van der Waals surface area contributed by atoms with Gasteiger partial charge in [-0.1, -0.05) is 49.0 Å². The first kappa shape index (κ1) is 17.8. The molecule has 0 fully saturated rings. The lowest BCUT2D eigenvalue weighted by molar-refractivity contribution is 0.299. The van der Waals surface area contributed by atoms with Gasteiger partial charge >= 0.3 is 0 Å². The molecule has 1 aromatic carbocycles. The van der Waals surface area contributed by atoms with Gasteiger partial charge in [-0.05, 0) is 36.5 Å². The third kappa shape index (κ3) is 6.44. The minimum absolute atomic E-state index is 0.173. The maximum absolute atomic E-state index is 11.0. The van der Waals surface area contributed by atoms with Crippen LogP contribution in [0, 0.1) is 0 Å². The third-order valence-corrected chi connectivity index (χ3v) is 4.23. The Morgan fingerprint density at radius 1 is 1.25 bits per heavy atom. The molecule has 0 N–H and O–H groups in total. The number of benzene rings is 1. The van der Waals surface area contributed by atoms with E-state index >= 15 is 0 Å². The molecular formula is C14H20Cl2O3S. The second-order valence-corrected chi connectivity index (χ2v) is 7.31. The zero-order valence-electron chi connectivity index (χ0n) is 11.7. The molecule has 0 aromatic heterocycles. The van der Waals surface area contributed by atoms with Crippen LogP contribution >= 0.6 is 23.2 Å². The topological polar surface area (TPSA) is 43.4 Å². The largest absolute Gasteiger partial charge is 0.270 e. The van der Waals surface area contributed by atoms with Gasteiger partial charge in [-0.3, -0.25) is 4.18 Å². The molecule has 0 spiro atoms. The Morgan fingerprint density at radius 2 is 1.95 bits per heavy atom. The van der Waals surface area contributed by atoms with Gasteiger partial charge < -0.3 is 0 Å². The summed E-state index contributed by atoms with van der Waals surface area (Å²) in [5, 5.41) is 1.22. The van der Waals surface area contributed by atoms with E-state index in [2.05, 4.69) is 6.92 Å². The maximum atomic E-state index is 11.0. The lowest BCUT2D eigenvalue weighted by Gasteiger charge is -2.18. The van der Waals surface area contributed by atoms with Gasteiger partial charge in [-0.15, -0.1) is 0 Å². The van der Waals surface area contributed by atoms with Crippen LogP contribution < -0.4 is 0 Å². The lowest BCUT2D eigenvalue weighted by Crippen LogP contribution is -2.09. The fraction of sp³-hybridized carbons (Fsp3) is 0.571. The molecule has 0 amide bonds. The Hall–Kier alpha value is -0.290. The number of rotatable bonds is 8. The van der Waals surface area contributed by atoms with Gasteiger partial charge in [0.2, 0.25) is 0 Å². The highest BCUT2D eigenvalue weighted by Gasteiger charge is 2.16. The van der Waals surface area contributed by atoms with Crippen molar-refractivity contribution in [3.05, 3.63) is 33.8 Å². The van der Waals surface area contributed by atoms with Gasteiger partial charge in [0.15, 0.2) is 0 Å².